The van der Waals surface area contributed by atoms with Crippen LogP contribution in [0.3, 0.4) is 0 Å². The van der Waals surface area contributed by atoms with E-state index in [4.69, 9.17) is 9.47 Å². The molecule has 3 aromatic carbocycles. The number of hydrogen-bond donors (Lipinski definition) is 1. The van der Waals surface area contributed by atoms with Gasteiger partial charge in [0.15, 0.2) is 0 Å². The first-order valence-electron chi connectivity index (χ1n) is 10.2. The summed E-state index contributed by atoms with van der Waals surface area (Å²) >= 11 is 0. The number of ether oxygens (including phenoxy) is 2. The molecule has 0 bridgehead atoms. The van der Waals surface area contributed by atoms with Crippen LogP contribution in [-0.4, -0.2) is 10.1 Å². The second-order valence-electron chi connectivity index (χ2n) is 7.49. The van der Waals surface area contributed by atoms with Crippen molar-refractivity contribution in [3.63, 3.8) is 0 Å². The second kappa shape index (κ2) is 9.45. The zero-order valence-corrected chi connectivity index (χ0v) is 17.4. The highest BCUT2D eigenvalue weighted by atomic mass is 16.5. The monoisotopic (exact) mass is 411 g/mol. The Bertz CT molecular complexity index is 1100. The first-order valence-corrected chi connectivity index (χ1v) is 10.2. The molecule has 1 atom stereocenters. The molecule has 0 saturated heterocycles. The van der Waals surface area contributed by atoms with Gasteiger partial charge in [0, 0.05) is 17.8 Å². The van der Waals surface area contributed by atoms with Crippen LogP contribution in [-0.2, 0) is 18.8 Å². The molecule has 1 heterocycles. The Morgan fingerprint density at radius 1 is 0.742 bits per heavy atom. The van der Waals surface area contributed by atoms with Crippen molar-refractivity contribution in [1.29, 1.82) is 0 Å². The summed E-state index contributed by atoms with van der Waals surface area (Å²) in [5, 5.41) is 11.4. The molecule has 0 radical (unpaired) electrons. The minimum atomic E-state index is -1.31. The zero-order chi connectivity index (χ0) is 21.5. The topological polar surface area (TPSA) is 51.6 Å². The summed E-state index contributed by atoms with van der Waals surface area (Å²) in [4.78, 5) is 4.35. The Balaban J connectivity index is 1.62. The predicted molar refractivity (Wildman–Crippen MR) is 121 cm³/mol. The lowest BCUT2D eigenvalue weighted by Gasteiger charge is -2.26. The third-order valence-corrected chi connectivity index (χ3v) is 5.13. The van der Waals surface area contributed by atoms with Gasteiger partial charge in [-0.3, -0.25) is 4.98 Å². The molecule has 1 N–H and O–H groups in total. The Hall–Kier alpha value is -3.63. The fourth-order valence-electron chi connectivity index (χ4n) is 3.38. The van der Waals surface area contributed by atoms with Crippen LogP contribution in [0.2, 0.25) is 0 Å². The van der Waals surface area contributed by atoms with E-state index >= 15 is 0 Å². The summed E-state index contributed by atoms with van der Waals surface area (Å²) in [7, 11) is 0. The Morgan fingerprint density at radius 2 is 1.35 bits per heavy atom. The molecule has 31 heavy (non-hydrogen) atoms. The van der Waals surface area contributed by atoms with Crippen LogP contribution >= 0.6 is 0 Å². The van der Waals surface area contributed by atoms with Crippen molar-refractivity contribution in [3.8, 4) is 11.5 Å². The molecular weight excluding hydrogens is 386 g/mol. The van der Waals surface area contributed by atoms with Crippen molar-refractivity contribution in [2.24, 2.45) is 0 Å². The molecule has 4 nitrogen and oxygen atoms in total. The van der Waals surface area contributed by atoms with Crippen LogP contribution in [0.4, 0.5) is 0 Å². The first-order chi connectivity index (χ1) is 15.1. The average molecular weight is 412 g/mol. The highest BCUT2D eigenvalue weighted by molar-refractivity contribution is 5.47. The van der Waals surface area contributed by atoms with Crippen molar-refractivity contribution in [2.75, 3.05) is 0 Å². The molecule has 4 heteroatoms. The largest absolute Gasteiger partial charge is 0.489 e. The van der Waals surface area contributed by atoms with Gasteiger partial charge in [0.1, 0.15) is 30.3 Å². The van der Waals surface area contributed by atoms with Crippen molar-refractivity contribution in [3.05, 3.63) is 126 Å². The maximum Gasteiger partial charge on any atom is 0.132 e. The number of rotatable bonds is 8. The van der Waals surface area contributed by atoms with Gasteiger partial charge in [0.25, 0.3) is 0 Å². The van der Waals surface area contributed by atoms with E-state index in [-0.39, 0.29) is 0 Å². The number of pyridine rings is 1. The van der Waals surface area contributed by atoms with E-state index in [0.717, 1.165) is 11.1 Å². The Kier molecular flexibility index (Phi) is 6.29. The molecule has 0 fully saturated rings. The molecule has 0 amide bonds. The lowest BCUT2D eigenvalue weighted by Crippen LogP contribution is -2.25. The molecule has 0 aliphatic carbocycles. The van der Waals surface area contributed by atoms with Crippen molar-refractivity contribution < 1.29 is 14.6 Å². The maximum absolute atomic E-state index is 11.4. The van der Waals surface area contributed by atoms with E-state index in [9.17, 15) is 5.11 Å². The highest BCUT2D eigenvalue weighted by Crippen LogP contribution is 2.37. The number of benzene rings is 3. The van der Waals surface area contributed by atoms with Gasteiger partial charge in [0.05, 0.1) is 5.69 Å². The van der Waals surface area contributed by atoms with Crippen LogP contribution < -0.4 is 9.47 Å². The Morgan fingerprint density at radius 3 is 1.97 bits per heavy atom. The van der Waals surface area contributed by atoms with Gasteiger partial charge in [-0.2, -0.15) is 0 Å². The number of aliphatic hydroxyl groups is 1. The quantitative estimate of drug-likeness (QED) is 0.416. The van der Waals surface area contributed by atoms with Gasteiger partial charge in [0.2, 0.25) is 0 Å². The van der Waals surface area contributed by atoms with Crippen LogP contribution in [0.25, 0.3) is 0 Å². The minimum Gasteiger partial charge on any atom is -0.489 e. The van der Waals surface area contributed by atoms with E-state index in [1.54, 1.807) is 19.2 Å². The number of nitrogens with zero attached hydrogens (tertiary/aromatic N) is 1. The molecule has 0 saturated carbocycles. The summed E-state index contributed by atoms with van der Waals surface area (Å²) in [6.07, 6.45) is 1.67. The summed E-state index contributed by atoms with van der Waals surface area (Å²) in [5.41, 5.74) is 2.00. The Labute approximate surface area is 182 Å². The van der Waals surface area contributed by atoms with Crippen LogP contribution in [0.5, 0.6) is 11.5 Å². The van der Waals surface area contributed by atoms with Gasteiger partial charge >= 0.3 is 0 Å². The zero-order valence-electron chi connectivity index (χ0n) is 17.4. The van der Waals surface area contributed by atoms with Crippen molar-refractivity contribution in [1.82, 2.24) is 4.98 Å². The highest BCUT2D eigenvalue weighted by Gasteiger charge is 2.31. The van der Waals surface area contributed by atoms with E-state index < -0.39 is 5.60 Å². The van der Waals surface area contributed by atoms with Gasteiger partial charge in [-0.25, -0.2) is 0 Å². The number of hydrogen-bond acceptors (Lipinski definition) is 4. The molecule has 1 aromatic heterocycles. The number of aromatic nitrogens is 1. The normalized spacial score (nSPS) is 12.7. The van der Waals surface area contributed by atoms with Gasteiger partial charge < -0.3 is 14.6 Å². The first kappa shape index (κ1) is 20.6. The van der Waals surface area contributed by atoms with Gasteiger partial charge in [-0.05, 0) is 42.3 Å². The molecule has 0 aliphatic heterocycles. The third-order valence-electron chi connectivity index (χ3n) is 5.13. The summed E-state index contributed by atoms with van der Waals surface area (Å²) in [6, 6.07) is 30.9. The molecule has 0 spiro atoms. The van der Waals surface area contributed by atoms with E-state index in [2.05, 4.69) is 4.98 Å². The van der Waals surface area contributed by atoms with E-state index in [0.29, 0.717) is 36.0 Å². The lowest BCUT2D eigenvalue weighted by molar-refractivity contribution is 0.0926. The van der Waals surface area contributed by atoms with Gasteiger partial charge in [-0.1, -0.05) is 66.7 Å². The molecule has 156 valence electrons. The van der Waals surface area contributed by atoms with Crippen LogP contribution in [0.1, 0.15) is 29.3 Å². The fourth-order valence-corrected chi connectivity index (χ4v) is 3.38. The molecule has 1 unspecified atom stereocenters. The molecule has 0 aliphatic rings. The summed E-state index contributed by atoms with van der Waals surface area (Å²) in [6.45, 7) is 2.56. The minimum absolute atomic E-state index is 0.383. The van der Waals surface area contributed by atoms with E-state index in [1.165, 1.54) is 0 Å². The van der Waals surface area contributed by atoms with E-state index in [1.807, 2.05) is 91.0 Å². The lowest BCUT2D eigenvalue weighted by atomic mass is 9.91. The molecule has 4 rings (SSSR count). The maximum atomic E-state index is 11.4. The van der Waals surface area contributed by atoms with Gasteiger partial charge in [-0.15, -0.1) is 0 Å². The third kappa shape index (κ3) is 5.11. The fraction of sp³-hybridized carbons (Fsp3) is 0.148. The van der Waals surface area contributed by atoms with Crippen LogP contribution in [0.15, 0.2) is 103 Å². The smallest absolute Gasteiger partial charge is 0.132 e. The molecule has 4 aromatic rings. The molecular formula is C27H25NO3. The van der Waals surface area contributed by atoms with Crippen LogP contribution in [0, 0.1) is 0 Å². The SMILES string of the molecule is CC(O)(c1ccccn1)c1ccc(OCc2ccccc2)cc1OCc1ccccc1. The van der Waals surface area contributed by atoms with Crippen molar-refractivity contribution >= 4 is 0 Å². The average Bonchev–Trinajstić information content (AvgIpc) is 2.83. The standard InChI is InChI=1S/C27H25NO3/c1-27(29,26-14-8-9-17-28-26)24-16-15-23(30-19-21-10-4-2-5-11-21)18-25(24)31-20-22-12-6-3-7-13-22/h2-18,29H,19-20H2,1H3. The predicted octanol–water partition coefficient (Wildman–Crippen LogP) is 5.50. The second-order valence-corrected chi connectivity index (χ2v) is 7.49. The summed E-state index contributed by atoms with van der Waals surface area (Å²) in [5.74, 6) is 1.23. The summed E-state index contributed by atoms with van der Waals surface area (Å²) < 4.78 is 12.1. The van der Waals surface area contributed by atoms with Crippen molar-refractivity contribution in [2.45, 2.75) is 25.7 Å².